The van der Waals surface area contributed by atoms with Crippen molar-refractivity contribution in [1.82, 2.24) is 0 Å². The van der Waals surface area contributed by atoms with Crippen LogP contribution < -0.4 is 0 Å². The molecule has 0 radical (unpaired) electrons. The SMILES string of the molecule is CC(=O)O[C@H]1[C@@H](O)[C@@H]2OC(c3ccccc3)OC[C@H]2O[C@@H]1Sc1ccccc1. The van der Waals surface area contributed by atoms with Crippen LogP contribution in [0.25, 0.3) is 0 Å². The molecule has 2 saturated heterocycles. The molecule has 28 heavy (non-hydrogen) atoms. The first-order valence-electron chi connectivity index (χ1n) is 9.16. The Bertz CT molecular complexity index is 786. The van der Waals surface area contributed by atoms with Crippen molar-refractivity contribution in [3.05, 3.63) is 66.2 Å². The summed E-state index contributed by atoms with van der Waals surface area (Å²) in [6.45, 7) is 1.60. The molecule has 7 heteroatoms. The summed E-state index contributed by atoms with van der Waals surface area (Å²) in [5.74, 6) is -0.476. The quantitative estimate of drug-likeness (QED) is 0.788. The molecule has 2 aromatic carbocycles. The Morgan fingerprint density at radius 2 is 1.75 bits per heavy atom. The van der Waals surface area contributed by atoms with Gasteiger partial charge in [-0.25, -0.2) is 0 Å². The second-order valence-corrected chi connectivity index (χ2v) is 7.89. The molecule has 2 fully saturated rings. The van der Waals surface area contributed by atoms with Gasteiger partial charge in [0.05, 0.1) is 6.61 Å². The molecular formula is C21H22O6S. The first-order valence-corrected chi connectivity index (χ1v) is 10.0. The van der Waals surface area contributed by atoms with Crippen molar-refractivity contribution in [3.63, 3.8) is 0 Å². The van der Waals surface area contributed by atoms with Crippen molar-refractivity contribution in [1.29, 1.82) is 0 Å². The fourth-order valence-electron chi connectivity index (χ4n) is 3.39. The number of carbonyl (C=O) groups is 1. The summed E-state index contributed by atoms with van der Waals surface area (Å²) in [6.07, 6.45) is -3.59. The number of aliphatic hydroxyl groups excluding tert-OH is 1. The van der Waals surface area contributed by atoms with Crippen LogP contribution in [0.2, 0.25) is 0 Å². The van der Waals surface area contributed by atoms with Crippen LogP contribution in [-0.2, 0) is 23.7 Å². The van der Waals surface area contributed by atoms with Crippen molar-refractivity contribution >= 4 is 17.7 Å². The van der Waals surface area contributed by atoms with Crippen LogP contribution in [0.1, 0.15) is 18.8 Å². The number of benzene rings is 2. The standard InChI is InChI=1S/C21H22O6S/c1-13(22)25-19-17(23)18-16(26-21(19)28-15-10-6-3-7-11-15)12-24-20(27-18)14-8-4-2-5-9-14/h2-11,16-21,23H,12H2,1H3/t16-,17+,18-,19+,20?,21-/m1/s1. The molecule has 2 aromatic rings. The van der Waals surface area contributed by atoms with E-state index < -0.39 is 42.1 Å². The zero-order valence-electron chi connectivity index (χ0n) is 15.3. The maximum atomic E-state index is 11.6. The Morgan fingerprint density at radius 1 is 1.07 bits per heavy atom. The lowest BCUT2D eigenvalue weighted by Gasteiger charge is -2.47. The maximum absolute atomic E-state index is 11.6. The van der Waals surface area contributed by atoms with Crippen LogP contribution in [0, 0.1) is 0 Å². The first-order chi connectivity index (χ1) is 13.6. The van der Waals surface area contributed by atoms with E-state index in [1.807, 2.05) is 60.7 Å². The molecule has 2 aliphatic rings. The third-order valence-corrected chi connectivity index (χ3v) is 5.83. The molecular weight excluding hydrogens is 380 g/mol. The minimum atomic E-state index is -1.03. The third-order valence-electron chi connectivity index (χ3n) is 4.68. The molecule has 0 saturated carbocycles. The Kier molecular flexibility index (Phi) is 5.99. The second kappa shape index (κ2) is 8.63. The summed E-state index contributed by atoms with van der Waals surface area (Å²) in [6, 6.07) is 19.2. The Balaban J connectivity index is 1.53. The van der Waals surface area contributed by atoms with Gasteiger partial charge in [-0.3, -0.25) is 4.79 Å². The van der Waals surface area contributed by atoms with Crippen LogP contribution in [-0.4, -0.2) is 47.5 Å². The molecule has 0 spiro atoms. The highest BCUT2D eigenvalue weighted by Gasteiger charge is 2.51. The summed E-state index contributed by atoms with van der Waals surface area (Å²) in [5.41, 5.74) is 0.293. The average molecular weight is 402 g/mol. The minimum Gasteiger partial charge on any atom is -0.456 e. The van der Waals surface area contributed by atoms with E-state index in [1.54, 1.807) is 0 Å². The summed E-state index contributed by atoms with van der Waals surface area (Å²) in [7, 11) is 0. The summed E-state index contributed by atoms with van der Waals surface area (Å²) in [5, 5.41) is 11.0. The molecule has 6 atom stereocenters. The van der Waals surface area contributed by atoms with Gasteiger partial charge in [0, 0.05) is 17.4 Å². The van der Waals surface area contributed by atoms with Gasteiger partial charge in [0.25, 0.3) is 0 Å². The molecule has 6 nitrogen and oxygen atoms in total. The van der Waals surface area contributed by atoms with Gasteiger partial charge in [0.2, 0.25) is 0 Å². The maximum Gasteiger partial charge on any atom is 0.303 e. The van der Waals surface area contributed by atoms with Gasteiger partial charge in [-0.05, 0) is 12.1 Å². The number of hydrogen-bond donors (Lipinski definition) is 1. The van der Waals surface area contributed by atoms with Crippen LogP contribution in [0.4, 0.5) is 0 Å². The number of esters is 1. The van der Waals surface area contributed by atoms with Gasteiger partial charge in [0.1, 0.15) is 23.7 Å². The fraction of sp³-hybridized carbons (Fsp3) is 0.381. The van der Waals surface area contributed by atoms with E-state index in [-0.39, 0.29) is 6.61 Å². The van der Waals surface area contributed by atoms with Crippen LogP contribution in [0.3, 0.4) is 0 Å². The number of ether oxygens (including phenoxy) is 4. The summed E-state index contributed by atoms with van der Waals surface area (Å²) < 4.78 is 23.4. The van der Waals surface area contributed by atoms with E-state index in [4.69, 9.17) is 18.9 Å². The topological polar surface area (TPSA) is 74.2 Å². The lowest BCUT2D eigenvalue weighted by Crippen LogP contribution is -2.61. The van der Waals surface area contributed by atoms with Gasteiger partial charge in [-0.15, -0.1) is 0 Å². The van der Waals surface area contributed by atoms with Crippen molar-refractivity contribution in [2.24, 2.45) is 0 Å². The predicted molar refractivity (Wildman–Crippen MR) is 103 cm³/mol. The van der Waals surface area contributed by atoms with Gasteiger partial charge >= 0.3 is 5.97 Å². The van der Waals surface area contributed by atoms with Gasteiger partial charge < -0.3 is 24.1 Å². The van der Waals surface area contributed by atoms with E-state index in [2.05, 4.69) is 0 Å². The highest BCUT2D eigenvalue weighted by atomic mass is 32.2. The van der Waals surface area contributed by atoms with Gasteiger partial charge in [-0.2, -0.15) is 0 Å². The van der Waals surface area contributed by atoms with E-state index in [0.29, 0.717) is 0 Å². The molecule has 148 valence electrons. The highest BCUT2D eigenvalue weighted by Crippen LogP contribution is 2.39. The van der Waals surface area contributed by atoms with E-state index in [0.717, 1.165) is 10.5 Å². The molecule has 0 aliphatic carbocycles. The van der Waals surface area contributed by atoms with Crippen LogP contribution >= 0.6 is 11.8 Å². The smallest absolute Gasteiger partial charge is 0.303 e. The molecule has 1 unspecified atom stereocenters. The second-order valence-electron chi connectivity index (χ2n) is 6.72. The number of rotatable bonds is 4. The number of fused-ring (bicyclic) bond motifs is 1. The minimum absolute atomic E-state index is 0.278. The lowest BCUT2D eigenvalue weighted by molar-refractivity contribution is -0.319. The number of hydrogen-bond acceptors (Lipinski definition) is 7. The third kappa shape index (κ3) is 4.24. The monoisotopic (exact) mass is 402 g/mol. The molecule has 2 aliphatic heterocycles. The van der Waals surface area contributed by atoms with Crippen molar-refractivity contribution in [3.8, 4) is 0 Å². The Hall–Kier alpha value is -1.90. The molecule has 2 heterocycles. The zero-order chi connectivity index (χ0) is 19.5. The molecule has 0 bridgehead atoms. The van der Waals surface area contributed by atoms with E-state index >= 15 is 0 Å². The number of thioether (sulfide) groups is 1. The number of carbonyl (C=O) groups excluding carboxylic acids is 1. The summed E-state index contributed by atoms with van der Waals surface area (Å²) >= 11 is 1.40. The molecule has 0 aromatic heterocycles. The highest BCUT2D eigenvalue weighted by molar-refractivity contribution is 7.99. The number of aliphatic hydroxyl groups is 1. The van der Waals surface area contributed by atoms with Gasteiger partial charge in [0.15, 0.2) is 12.4 Å². The Morgan fingerprint density at radius 3 is 2.43 bits per heavy atom. The fourth-order valence-corrected chi connectivity index (χ4v) is 4.52. The zero-order valence-corrected chi connectivity index (χ0v) is 16.2. The average Bonchev–Trinajstić information content (AvgIpc) is 2.72. The first kappa shape index (κ1) is 19.4. The van der Waals surface area contributed by atoms with Crippen molar-refractivity contribution < 1.29 is 28.8 Å². The van der Waals surface area contributed by atoms with Crippen molar-refractivity contribution in [2.75, 3.05) is 6.61 Å². The molecule has 4 rings (SSSR count). The van der Waals surface area contributed by atoms with E-state index in [9.17, 15) is 9.90 Å². The largest absolute Gasteiger partial charge is 0.456 e. The van der Waals surface area contributed by atoms with Crippen LogP contribution in [0.5, 0.6) is 0 Å². The molecule has 1 N–H and O–H groups in total. The normalized spacial score (nSPS) is 32.4. The predicted octanol–water partition coefficient (Wildman–Crippen LogP) is 2.91. The molecule has 0 amide bonds. The Labute approximate surface area is 167 Å². The lowest BCUT2D eigenvalue weighted by atomic mass is 9.98. The van der Waals surface area contributed by atoms with Gasteiger partial charge in [-0.1, -0.05) is 60.3 Å². The van der Waals surface area contributed by atoms with Crippen LogP contribution in [0.15, 0.2) is 65.6 Å². The van der Waals surface area contributed by atoms with E-state index in [1.165, 1.54) is 18.7 Å². The van der Waals surface area contributed by atoms with Crippen molar-refractivity contribution in [2.45, 2.75) is 48.0 Å². The summed E-state index contributed by atoms with van der Waals surface area (Å²) in [4.78, 5) is 12.6.